The van der Waals surface area contributed by atoms with Crippen molar-refractivity contribution in [3.63, 3.8) is 0 Å². The second-order valence-electron chi connectivity index (χ2n) is 4.55. The Morgan fingerprint density at radius 2 is 2.26 bits per heavy atom. The van der Waals surface area contributed by atoms with Crippen LogP contribution in [0.1, 0.15) is 19.8 Å². The number of rotatable bonds is 3. The van der Waals surface area contributed by atoms with Gasteiger partial charge in [-0.2, -0.15) is 4.31 Å². The lowest BCUT2D eigenvalue weighted by Crippen LogP contribution is -2.50. The highest BCUT2D eigenvalue weighted by molar-refractivity contribution is 7.89. The third kappa shape index (κ3) is 2.22. The summed E-state index contributed by atoms with van der Waals surface area (Å²) in [6.45, 7) is 1.57. The zero-order valence-corrected chi connectivity index (χ0v) is 11.8. The van der Waals surface area contributed by atoms with Gasteiger partial charge in [0.1, 0.15) is 15.6 Å². The Morgan fingerprint density at radius 1 is 1.58 bits per heavy atom. The summed E-state index contributed by atoms with van der Waals surface area (Å²) in [4.78, 5) is 14.9. The van der Waals surface area contributed by atoms with Crippen molar-refractivity contribution >= 4 is 27.6 Å². The van der Waals surface area contributed by atoms with Crippen molar-refractivity contribution in [1.82, 2.24) is 9.29 Å². The Kier molecular flexibility index (Phi) is 3.55. The van der Waals surface area contributed by atoms with Crippen molar-refractivity contribution in [2.24, 2.45) is 0 Å². The molecule has 19 heavy (non-hydrogen) atoms. The van der Waals surface area contributed by atoms with Gasteiger partial charge < -0.3 is 5.11 Å². The summed E-state index contributed by atoms with van der Waals surface area (Å²) in [7, 11) is -3.96. The van der Waals surface area contributed by atoms with E-state index in [1.165, 1.54) is 25.3 Å². The quantitative estimate of drug-likeness (QED) is 0.852. The van der Waals surface area contributed by atoms with Crippen molar-refractivity contribution < 1.29 is 18.3 Å². The molecule has 0 radical (unpaired) electrons. The van der Waals surface area contributed by atoms with Crippen LogP contribution < -0.4 is 0 Å². The maximum Gasteiger partial charge on any atom is 0.324 e. The molecule has 0 spiro atoms. The molecule has 1 fully saturated rings. The minimum Gasteiger partial charge on any atom is -0.480 e. The number of sulfonamides is 1. The molecule has 1 N–H and O–H groups in total. The van der Waals surface area contributed by atoms with Crippen LogP contribution in [0.25, 0.3) is 0 Å². The highest BCUT2D eigenvalue weighted by atomic mass is 35.5. The number of aliphatic carboxylic acids is 1. The summed E-state index contributed by atoms with van der Waals surface area (Å²) < 4.78 is 26.0. The maximum absolute atomic E-state index is 12.5. The van der Waals surface area contributed by atoms with Crippen LogP contribution in [0.4, 0.5) is 0 Å². The average Bonchev–Trinajstić information content (AvgIpc) is 2.74. The van der Waals surface area contributed by atoms with Crippen LogP contribution in [0, 0.1) is 0 Å². The first-order chi connectivity index (χ1) is 8.80. The van der Waals surface area contributed by atoms with Crippen molar-refractivity contribution in [1.29, 1.82) is 0 Å². The van der Waals surface area contributed by atoms with E-state index in [-0.39, 0.29) is 23.0 Å². The molecule has 1 saturated heterocycles. The van der Waals surface area contributed by atoms with Crippen molar-refractivity contribution in [2.75, 3.05) is 6.54 Å². The lowest BCUT2D eigenvalue weighted by molar-refractivity contribution is -0.146. The Bertz CT molecular complexity index is 619. The molecule has 0 bridgehead atoms. The molecule has 1 aliphatic heterocycles. The van der Waals surface area contributed by atoms with Crippen molar-refractivity contribution in [2.45, 2.75) is 30.2 Å². The van der Waals surface area contributed by atoms with Gasteiger partial charge in [0.05, 0.1) is 0 Å². The van der Waals surface area contributed by atoms with Gasteiger partial charge in [-0.1, -0.05) is 11.6 Å². The van der Waals surface area contributed by atoms with E-state index < -0.39 is 21.5 Å². The number of carboxylic acid groups (broad SMARTS) is 1. The third-order valence-electron chi connectivity index (χ3n) is 3.33. The molecule has 2 heterocycles. The van der Waals surface area contributed by atoms with E-state index in [0.29, 0.717) is 6.42 Å². The fraction of sp³-hybridized carbons (Fsp3) is 0.455. The van der Waals surface area contributed by atoms with Crippen molar-refractivity contribution in [3.8, 4) is 0 Å². The van der Waals surface area contributed by atoms with Crippen LogP contribution in [-0.2, 0) is 14.8 Å². The fourth-order valence-corrected chi connectivity index (χ4v) is 4.45. The van der Waals surface area contributed by atoms with Crippen LogP contribution in [0.5, 0.6) is 0 Å². The van der Waals surface area contributed by atoms with Crippen LogP contribution in [-0.4, -0.2) is 40.9 Å². The number of halogens is 1. The average molecular weight is 305 g/mol. The number of nitrogens with zero attached hydrogens (tertiary/aromatic N) is 2. The zero-order valence-electron chi connectivity index (χ0n) is 10.2. The van der Waals surface area contributed by atoms with Gasteiger partial charge in [0.15, 0.2) is 0 Å². The number of pyridine rings is 1. The first kappa shape index (κ1) is 14.2. The van der Waals surface area contributed by atoms with Gasteiger partial charge in [0.25, 0.3) is 0 Å². The van der Waals surface area contributed by atoms with Gasteiger partial charge in [0, 0.05) is 12.7 Å². The molecule has 104 valence electrons. The number of carboxylic acids is 1. The van der Waals surface area contributed by atoms with Crippen LogP contribution in [0.2, 0.25) is 5.15 Å². The molecule has 0 aromatic carbocycles. The minimum absolute atomic E-state index is 0.151. The molecule has 1 unspecified atom stereocenters. The van der Waals surface area contributed by atoms with Gasteiger partial charge in [-0.25, -0.2) is 13.4 Å². The van der Waals surface area contributed by atoms with E-state index in [2.05, 4.69) is 4.98 Å². The van der Waals surface area contributed by atoms with Gasteiger partial charge in [-0.05, 0) is 31.9 Å². The molecule has 1 aromatic heterocycles. The smallest absolute Gasteiger partial charge is 0.324 e. The molecule has 1 atom stereocenters. The summed E-state index contributed by atoms with van der Waals surface area (Å²) in [5.41, 5.74) is -1.43. The molecular formula is C11H13ClN2O4S. The summed E-state index contributed by atoms with van der Waals surface area (Å²) in [6, 6.07) is 2.78. The summed E-state index contributed by atoms with van der Waals surface area (Å²) in [5.74, 6) is -1.16. The Morgan fingerprint density at radius 3 is 2.84 bits per heavy atom. The van der Waals surface area contributed by atoms with Gasteiger partial charge in [0.2, 0.25) is 10.0 Å². The van der Waals surface area contributed by atoms with E-state index in [4.69, 9.17) is 11.6 Å². The standard InChI is InChI=1S/C11H13ClN2O4S/c1-11(10(15)16)5-3-7-14(11)19(17,18)8-4-2-6-13-9(8)12/h2,4,6H,3,5,7H2,1H3,(H,15,16). The molecule has 0 amide bonds. The minimum atomic E-state index is -3.96. The normalized spacial score (nSPS) is 24.5. The van der Waals surface area contributed by atoms with E-state index in [0.717, 1.165) is 4.31 Å². The van der Waals surface area contributed by atoms with Crippen LogP contribution in [0.15, 0.2) is 23.2 Å². The third-order valence-corrected chi connectivity index (χ3v) is 5.79. The molecular weight excluding hydrogens is 292 g/mol. The predicted molar refractivity (Wildman–Crippen MR) is 68.4 cm³/mol. The van der Waals surface area contributed by atoms with Gasteiger partial charge in [-0.3, -0.25) is 4.79 Å². The lowest BCUT2D eigenvalue weighted by Gasteiger charge is -2.30. The highest BCUT2D eigenvalue weighted by Gasteiger charge is 2.50. The Hall–Kier alpha value is -1.18. The van der Waals surface area contributed by atoms with E-state index >= 15 is 0 Å². The molecule has 2 rings (SSSR count). The monoisotopic (exact) mass is 304 g/mol. The molecule has 0 saturated carbocycles. The SMILES string of the molecule is CC1(C(=O)O)CCCN1S(=O)(=O)c1cccnc1Cl. The number of hydrogen-bond acceptors (Lipinski definition) is 4. The lowest BCUT2D eigenvalue weighted by atomic mass is 10.0. The largest absolute Gasteiger partial charge is 0.480 e. The van der Waals surface area contributed by atoms with Crippen molar-refractivity contribution in [3.05, 3.63) is 23.5 Å². The molecule has 1 aliphatic rings. The van der Waals surface area contributed by atoms with Gasteiger partial charge in [-0.15, -0.1) is 0 Å². The molecule has 1 aromatic rings. The fourth-order valence-electron chi connectivity index (χ4n) is 2.22. The zero-order chi connectivity index (χ0) is 14.3. The summed E-state index contributed by atoms with van der Waals surface area (Å²) >= 11 is 5.80. The number of hydrogen-bond donors (Lipinski definition) is 1. The highest BCUT2D eigenvalue weighted by Crippen LogP contribution is 2.35. The van der Waals surface area contributed by atoms with Gasteiger partial charge >= 0.3 is 5.97 Å². The van der Waals surface area contributed by atoms with E-state index in [9.17, 15) is 18.3 Å². The van der Waals surface area contributed by atoms with Crippen LogP contribution >= 0.6 is 11.6 Å². The Balaban J connectivity index is 2.52. The molecule has 8 heteroatoms. The second kappa shape index (κ2) is 4.73. The maximum atomic E-state index is 12.5. The topological polar surface area (TPSA) is 87.6 Å². The Labute approximate surface area is 116 Å². The molecule has 6 nitrogen and oxygen atoms in total. The predicted octanol–water partition coefficient (Wildman–Crippen LogP) is 1.36. The first-order valence-electron chi connectivity index (χ1n) is 5.67. The van der Waals surface area contributed by atoms with E-state index in [1.54, 1.807) is 0 Å². The second-order valence-corrected chi connectivity index (χ2v) is 6.74. The summed E-state index contributed by atoms with van der Waals surface area (Å²) in [6.07, 6.45) is 2.15. The van der Waals surface area contributed by atoms with Crippen LogP contribution in [0.3, 0.4) is 0 Å². The molecule has 0 aliphatic carbocycles. The number of aromatic nitrogens is 1. The van der Waals surface area contributed by atoms with E-state index in [1.807, 2.05) is 0 Å². The number of carbonyl (C=O) groups is 1. The summed E-state index contributed by atoms with van der Waals surface area (Å²) in [5, 5.41) is 9.12. The first-order valence-corrected chi connectivity index (χ1v) is 7.49.